The standard InChI is InChI=1S/C48H47BN2O2/c1-3-17-34(18-4-2)50-41-29-16-30-42-43(41)49(48-45(50)39-28-15-26-37(46(39)53-48)33-21-10-6-11-22-33)47-44(51(42)35-23-12-7-13-24-35)38-27-14-25-36(40(38)31-52-47)32-19-8-5-9-20-32/h1,4,7,12-18,23-25,27-30,32-33,37H,5-6,8-11,19-22,26,31H2,2H3/b18-4-,34-17+. The van der Waals surface area contributed by atoms with Gasteiger partial charge in [-0.1, -0.05) is 105 Å². The van der Waals surface area contributed by atoms with Crippen molar-refractivity contribution in [3.05, 3.63) is 130 Å². The number of terminal acetylenes is 1. The minimum absolute atomic E-state index is 0.197. The second-order valence-electron chi connectivity index (χ2n) is 15.8. The predicted octanol–water partition coefficient (Wildman–Crippen LogP) is 11.2. The molecule has 264 valence electrons. The van der Waals surface area contributed by atoms with Gasteiger partial charge >= 0.3 is 6.71 Å². The Hall–Kier alpha value is -5.08. The Morgan fingerprint density at radius 3 is 2.45 bits per heavy atom. The van der Waals surface area contributed by atoms with Crippen molar-refractivity contribution in [2.24, 2.45) is 5.92 Å². The summed E-state index contributed by atoms with van der Waals surface area (Å²) in [6.07, 6.45) is 30.9. The number of ether oxygens (including phenoxy) is 1. The highest BCUT2D eigenvalue weighted by molar-refractivity contribution is 6.94. The van der Waals surface area contributed by atoms with E-state index in [2.05, 4.69) is 114 Å². The summed E-state index contributed by atoms with van der Waals surface area (Å²) in [6, 6.07) is 24.6. The molecular formula is C48H47BN2O2. The fourth-order valence-electron chi connectivity index (χ4n) is 10.7. The summed E-state index contributed by atoms with van der Waals surface area (Å²) in [5.74, 6) is 5.61. The molecule has 53 heavy (non-hydrogen) atoms. The van der Waals surface area contributed by atoms with Crippen molar-refractivity contribution in [1.29, 1.82) is 0 Å². The van der Waals surface area contributed by atoms with Gasteiger partial charge in [-0.15, -0.1) is 6.42 Å². The molecule has 2 fully saturated rings. The highest BCUT2D eigenvalue weighted by Gasteiger charge is 2.52. The van der Waals surface area contributed by atoms with Crippen LogP contribution in [-0.2, 0) is 11.3 Å². The van der Waals surface area contributed by atoms with E-state index in [9.17, 15) is 0 Å². The molecule has 0 spiro atoms. The number of nitrogens with zero attached hydrogens (tertiary/aromatic N) is 2. The fourth-order valence-corrected chi connectivity index (χ4v) is 10.7. The number of allylic oxidation sites excluding steroid dienone is 4. The van der Waals surface area contributed by atoms with Gasteiger partial charge in [0.1, 0.15) is 18.0 Å². The number of hydrogen-bond acceptors (Lipinski definition) is 4. The van der Waals surface area contributed by atoms with Gasteiger partial charge in [-0.25, -0.2) is 0 Å². The molecule has 1 unspecified atom stereocenters. The van der Waals surface area contributed by atoms with Gasteiger partial charge in [0.25, 0.3) is 0 Å². The van der Waals surface area contributed by atoms with Crippen molar-refractivity contribution in [1.82, 2.24) is 0 Å². The van der Waals surface area contributed by atoms with Crippen LogP contribution in [0, 0.1) is 18.3 Å². The third-order valence-electron chi connectivity index (χ3n) is 13.0. The minimum Gasteiger partial charge on any atom is -0.500 e. The van der Waals surface area contributed by atoms with E-state index in [0.29, 0.717) is 24.4 Å². The van der Waals surface area contributed by atoms with Crippen molar-refractivity contribution < 1.29 is 9.15 Å². The number of benzene rings is 3. The molecule has 3 aliphatic carbocycles. The molecule has 0 N–H and O–H groups in total. The lowest BCUT2D eigenvalue weighted by molar-refractivity contribution is 0.214. The molecule has 6 aliphatic rings. The van der Waals surface area contributed by atoms with E-state index in [1.54, 1.807) is 0 Å². The van der Waals surface area contributed by atoms with Crippen LogP contribution < -0.4 is 20.9 Å². The average molecular weight is 695 g/mol. The SMILES string of the molecule is C#C/C=C(\C=C/C)N1c2cccc3c2B(C2=C(c4cccc(C5CCCCC5)c4CO2)N3c2ccccc2)c2oc3c(c21)C=CCC3C1CCCCC1. The number of para-hydroxylation sites is 1. The monoisotopic (exact) mass is 694 g/mol. The molecule has 4 heterocycles. The molecule has 5 heteroatoms. The van der Waals surface area contributed by atoms with Gasteiger partial charge in [0.05, 0.1) is 22.7 Å². The summed E-state index contributed by atoms with van der Waals surface area (Å²) in [7, 11) is 0. The molecule has 0 amide bonds. The summed E-state index contributed by atoms with van der Waals surface area (Å²) in [6.45, 7) is 2.44. The third kappa shape index (κ3) is 5.13. The first-order chi connectivity index (χ1) is 26.3. The molecular weight excluding hydrogens is 647 g/mol. The van der Waals surface area contributed by atoms with Gasteiger partial charge in [0.15, 0.2) is 0 Å². The second kappa shape index (κ2) is 13.4. The normalized spacial score (nSPS) is 21.1. The molecule has 0 saturated heterocycles. The van der Waals surface area contributed by atoms with Crippen LogP contribution in [0.2, 0.25) is 0 Å². The van der Waals surface area contributed by atoms with Gasteiger partial charge in [-0.2, -0.15) is 0 Å². The Morgan fingerprint density at radius 2 is 1.66 bits per heavy atom. The maximum Gasteiger partial charge on any atom is 0.341 e. The number of hydrogen-bond donors (Lipinski definition) is 0. The van der Waals surface area contributed by atoms with E-state index in [-0.39, 0.29) is 6.71 Å². The number of anilines is 4. The Morgan fingerprint density at radius 1 is 0.887 bits per heavy atom. The first-order valence-electron chi connectivity index (χ1n) is 20.2. The average Bonchev–Trinajstić information content (AvgIpc) is 3.61. The highest BCUT2D eigenvalue weighted by atomic mass is 16.5. The smallest absolute Gasteiger partial charge is 0.341 e. The molecule has 0 radical (unpaired) electrons. The van der Waals surface area contributed by atoms with Gasteiger partial charge in [-0.3, -0.25) is 0 Å². The summed E-state index contributed by atoms with van der Waals surface area (Å²) in [5.41, 5.74) is 15.1. The lowest BCUT2D eigenvalue weighted by atomic mass is 9.37. The number of fused-ring (bicyclic) bond motifs is 7. The van der Waals surface area contributed by atoms with Gasteiger partial charge in [-0.05, 0) is 92.2 Å². The van der Waals surface area contributed by atoms with E-state index in [1.807, 2.05) is 6.08 Å². The maximum atomic E-state index is 7.45. The summed E-state index contributed by atoms with van der Waals surface area (Å²) >= 11 is 0. The molecule has 1 aromatic heterocycles. The van der Waals surface area contributed by atoms with Gasteiger partial charge in [0, 0.05) is 45.7 Å². The van der Waals surface area contributed by atoms with E-state index < -0.39 is 0 Å². The quantitative estimate of drug-likeness (QED) is 0.118. The minimum atomic E-state index is -0.197. The van der Waals surface area contributed by atoms with Crippen molar-refractivity contribution in [3.63, 3.8) is 0 Å². The van der Waals surface area contributed by atoms with Crippen LogP contribution in [0.15, 0.2) is 107 Å². The lowest BCUT2D eigenvalue weighted by Gasteiger charge is -2.45. The molecule has 10 rings (SSSR count). The summed E-state index contributed by atoms with van der Waals surface area (Å²) in [4.78, 5) is 4.84. The zero-order valence-electron chi connectivity index (χ0n) is 30.8. The summed E-state index contributed by atoms with van der Waals surface area (Å²) in [5, 5.41) is 0. The topological polar surface area (TPSA) is 28.9 Å². The second-order valence-corrected chi connectivity index (χ2v) is 15.8. The first kappa shape index (κ1) is 32.6. The van der Waals surface area contributed by atoms with E-state index >= 15 is 0 Å². The Kier molecular flexibility index (Phi) is 8.24. The highest BCUT2D eigenvalue weighted by Crippen LogP contribution is 2.52. The van der Waals surface area contributed by atoms with Gasteiger partial charge < -0.3 is 19.0 Å². The molecule has 1 atom stereocenters. The van der Waals surface area contributed by atoms with Gasteiger partial charge in [0.2, 0.25) is 0 Å². The van der Waals surface area contributed by atoms with Crippen LogP contribution in [0.4, 0.5) is 22.7 Å². The van der Waals surface area contributed by atoms with Crippen molar-refractivity contribution >= 4 is 52.4 Å². The third-order valence-corrected chi connectivity index (χ3v) is 13.0. The largest absolute Gasteiger partial charge is 0.500 e. The molecule has 3 aliphatic heterocycles. The zero-order chi connectivity index (χ0) is 35.5. The molecule has 4 nitrogen and oxygen atoms in total. The first-order valence-corrected chi connectivity index (χ1v) is 20.2. The zero-order valence-corrected chi connectivity index (χ0v) is 30.8. The van der Waals surface area contributed by atoms with E-state index in [0.717, 1.165) is 57.6 Å². The van der Waals surface area contributed by atoms with Crippen LogP contribution in [0.3, 0.4) is 0 Å². The van der Waals surface area contributed by atoms with Crippen LogP contribution in [0.1, 0.15) is 117 Å². The number of rotatable bonds is 5. The Balaban J connectivity index is 1.26. The Bertz CT molecular complexity index is 2240. The van der Waals surface area contributed by atoms with E-state index in [1.165, 1.54) is 91.9 Å². The van der Waals surface area contributed by atoms with Crippen LogP contribution in [0.5, 0.6) is 0 Å². The molecule has 2 saturated carbocycles. The van der Waals surface area contributed by atoms with Crippen molar-refractivity contribution in [3.8, 4) is 12.3 Å². The summed E-state index contributed by atoms with van der Waals surface area (Å²) < 4.78 is 14.7. The number of furan rings is 1. The molecule has 3 aromatic carbocycles. The Labute approximate surface area is 315 Å². The van der Waals surface area contributed by atoms with Crippen molar-refractivity contribution in [2.45, 2.75) is 96.0 Å². The van der Waals surface area contributed by atoms with Crippen molar-refractivity contribution in [2.75, 3.05) is 9.80 Å². The maximum absolute atomic E-state index is 7.45. The predicted molar refractivity (Wildman–Crippen MR) is 220 cm³/mol. The lowest BCUT2D eigenvalue weighted by Crippen LogP contribution is -2.56. The van der Waals surface area contributed by atoms with Crippen LogP contribution in [0.25, 0.3) is 11.8 Å². The van der Waals surface area contributed by atoms with Crippen LogP contribution >= 0.6 is 0 Å². The fraction of sp³-hybridized carbons (Fsp3) is 0.333. The molecule has 0 bridgehead atoms. The van der Waals surface area contributed by atoms with Crippen LogP contribution in [-0.4, -0.2) is 6.71 Å². The molecule has 4 aromatic rings. The van der Waals surface area contributed by atoms with E-state index in [4.69, 9.17) is 15.6 Å².